The van der Waals surface area contributed by atoms with Crippen molar-refractivity contribution in [3.63, 3.8) is 0 Å². The summed E-state index contributed by atoms with van der Waals surface area (Å²) in [5, 5.41) is 4.03. The fourth-order valence-electron chi connectivity index (χ4n) is 1.91. The number of nitrogens with one attached hydrogen (secondary N) is 1. The molecule has 0 amide bonds. The van der Waals surface area contributed by atoms with Crippen LogP contribution in [0.1, 0.15) is 11.1 Å². The van der Waals surface area contributed by atoms with Crippen molar-refractivity contribution in [1.82, 2.24) is 0 Å². The third-order valence-electron chi connectivity index (χ3n) is 3.12. The van der Waals surface area contributed by atoms with E-state index < -0.39 is 0 Å². The number of hydrogen-bond acceptors (Lipinski definition) is 3. The van der Waals surface area contributed by atoms with Crippen molar-refractivity contribution >= 4 is 28.9 Å². The lowest BCUT2D eigenvalue weighted by molar-refractivity contribution is -0.139. The van der Waals surface area contributed by atoms with E-state index in [-0.39, 0.29) is 12.4 Å². The molecule has 0 spiro atoms. The van der Waals surface area contributed by atoms with Gasteiger partial charge in [0.05, 0.1) is 13.5 Å². The van der Waals surface area contributed by atoms with Gasteiger partial charge in [0.1, 0.15) is 0 Å². The molecule has 0 saturated heterocycles. The normalized spacial score (nSPS) is 10.2. The van der Waals surface area contributed by atoms with Crippen LogP contribution in [-0.4, -0.2) is 13.1 Å². The fraction of sp³-hybridized carbons (Fsp3) is 0.188. The van der Waals surface area contributed by atoms with Crippen LogP contribution in [0.2, 0.25) is 5.02 Å². The van der Waals surface area contributed by atoms with Gasteiger partial charge in [-0.3, -0.25) is 4.79 Å². The van der Waals surface area contributed by atoms with Crippen molar-refractivity contribution in [2.24, 2.45) is 0 Å². The first-order valence-corrected chi connectivity index (χ1v) is 6.66. The number of carbonyl (C=O) groups is 1. The summed E-state index contributed by atoms with van der Waals surface area (Å²) >= 11 is 6.11. The maximum atomic E-state index is 11.4. The molecule has 0 aromatic heterocycles. The Morgan fingerprint density at radius 3 is 2.60 bits per heavy atom. The molecule has 3 nitrogen and oxygen atoms in total. The zero-order chi connectivity index (χ0) is 14.5. The highest BCUT2D eigenvalue weighted by Crippen LogP contribution is 2.27. The molecule has 0 bridgehead atoms. The molecule has 20 heavy (non-hydrogen) atoms. The van der Waals surface area contributed by atoms with Crippen LogP contribution in [0.5, 0.6) is 0 Å². The van der Waals surface area contributed by atoms with Gasteiger partial charge in [0.15, 0.2) is 0 Å². The second kappa shape index (κ2) is 6.44. The molecular weight excluding hydrogens is 274 g/mol. The average molecular weight is 290 g/mol. The van der Waals surface area contributed by atoms with Gasteiger partial charge in [-0.05, 0) is 36.2 Å². The van der Waals surface area contributed by atoms with Gasteiger partial charge in [-0.25, -0.2) is 0 Å². The van der Waals surface area contributed by atoms with Gasteiger partial charge in [-0.1, -0.05) is 35.9 Å². The van der Waals surface area contributed by atoms with E-state index in [1.54, 1.807) is 0 Å². The van der Waals surface area contributed by atoms with E-state index in [1.165, 1.54) is 7.11 Å². The van der Waals surface area contributed by atoms with Crippen LogP contribution in [0.25, 0.3) is 0 Å². The van der Waals surface area contributed by atoms with Crippen LogP contribution in [-0.2, 0) is 16.0 Å². The van der Waals surface area contributed by atoms with Gasteiger partial charge in [0, 0.05) is 16.4 Å². The molecule has 2 rings (SSSR count). The monoisotopic (exact) mass is 289 g/mol. The van der Waals surface area contributed by atoms with Crippen molar-refractivity contribution in [3.8, 4) is 0 Å². The first-order chi connectivity index (χ1) is 9.61. The number of hydrogen-bond donors (Lipinski definition) is 1. The van der Waals surface area contributed by atoms with Crippen LogP contribution >= 0.6 is 11.6 Å². The molecule has 1 N–H and O–H groups in total. The molecule has 0 atom stereocenters. The highest BCUT2D eigenvalue weighted by Gasteiger charge is 2.09. The van der Waals surface area contributed by atoms with Gasteiger partial charge >= 0.3 is 5.97 Å². The number of benzene rings is 2. The highest BCUT2D eigenvalue weighted by atomic mass is 35.5. The lowest BCUT2D eigenvalue weighted by atomic mass is 10.1. The van der Waals surface area contributed by atoms with E-state index in [2.05, 4.69) is 5.32 Å². The summed E-state index contributed by atoms with van der Waals surface area (Å²) < 4.78 is 4.71. The molecule has 0 saturated carbocycles. The SMILES string of the molecule is COC(=O)Cc1ccccc1Nc1cccc(Cl)c1C. The second-order valence-corrected chi connectivity index (χ2v) is 4.85. The van der Waals surface area contributed by atoms with E-state index in [0.29, 0.717) is 5.02 Å². The molecule has 0 aliphatic rings. The molecule has 0 unspecified atom stereocenters. The topological polar surface area (TPSA) is 38.3 Å². The van der Waals surface area contributed by atoms with E-state index in [9.17, 15) is 4.79 Å². The Hall–Kier alpha value is -2.00. The Balaban J connectivity index is 2.29. The third kappa shape index (κ3) is 3.31. The number of methoxy groups -OCH3 is 1. The number of halogens is 1. The number of para-hydroxylation sites is 1. The number of rotatable bonds is 4. The van der Waals surface area contributed by atoms with Gasteiger partial charge in [-0.15, -0.1) is 0 Å². The van der Waals surface area contributed by atoms with Crippen molar-refractivity contribution in [2.75, 3.05) is 12.4 Å². The minimum absolute atomic E-state index is 0.235. The molecule has 0 radical (unpaired) electrons. The fourth-order valence-corrected chi connectivity index (χ4v) is 2.09. The van der Waals surface area contributed by atoms with E-state index >= 15 is 0 Å². The number of ether oxygens (including phenoxy) is 1. The van der Waals surface area contributed by atoms with Gasteiger partial charge < -0.3 is 10.1 Å². The van der Waals surface area contributed by atoms with Gasteiger partial charge in [0.2, 0.25) is 0 Å². The van der Waals surface area contributed by atoms with Crippen LogP contribution in [0.3, 0.4) is 0 Å². The summed E-state index contributed by atoms with van der Waals surface area (Å²) in [5.74, 6) is -0.262. The van der Waals surface area contributed by atoms with Crippen molar-refractivity contribution in [1.29, 1.82) is 0 Å². The average Bonchev–Trinajstić information content (AvgIpc) is 2.45. The Morgan fingerprint density at radius 2 is 1.85 bits per heavy atom. The van der Waals surface area contributed by atoms with E-state index in [1.807, 2.05) is 49.4 Å². The molecule has 2 aromatic carbocycles. The van der Waals surface area contributed by atoms with Crippen LogP contribution in [0.15, 0.2) is 42.5 Å². The van der Waals surface area contributed by atoms with Crippen LogP contribution in [0, 0.1) is 6.92 Å². The number of esters is 1. The molecular formula is C16H16ClNO2. The Bertz CT molecular complexity index is 626. The summed E-state index contributed by atoms with van der Waals surface area (Å²) in [7, 11) is 1.39. The Kier molecular flexibility index (Phi) is 4.64. The molecule has 0 aliphatic carbocycles. The molecule has 0 aliphatic heterocycles. The van der Waals surface area contributed by atoms with E-state index in [0.717, 1.165) is 22.5 Å². The molecule has 2 aromatic rings. The largest absolute Gasteiger partial charge is 0.469 e. The summed E-state index contributed by atoms with van der Waals surface area (Å²) in [4.78, 5) is 11.4. The number of anilines is 2. The van der Waals surface area contributed by atoms with Crippen molar-refractivity contribution in [3.05, 3.63) is 58.6 Å². The summed E-state index contributed by atoms with van der Waals surface area (Å²) in [6, 6.07) is 13.3. The first-order valence-electron chi connectivity index (χ1n) is 6.28. The minimum Gasteiger partial charge on any atom is -0.469 e. The maximum Gasteiger partial charge on any atom is 0.310 e. The quantitative estimate of drug-likeness (QED) is 0.861. The van der Waals surface area contributed by atoms with Gasteiger partial charge in [-0.2, -0.15) is 0 Å². The Morgan fingerprint density at radius 1 is 1.15 bits per heavy atom. The minimum atomic E-state index is -0.262. The van der Waals surface area contributed by atoms with E-state index in [4.69, 9.17) is 16.3 Å². The Labute approximate surface area is 123 Å². The number of carbonyl (C=O) groups excluding carboxylic acids is 1. The van der Waals surface area contributed by atoms with Gasteiger partial charge in [0.25, 0.3) is 0 Å². The maximum absolute atomic E-state index is 11.4. The summed E-state index contributed by atoms with van der Waals surface area (Å²) in [6.07, 6.45) is 0.235. The van der Waals surface area contributed by atoms with Crippen molar-refractivity contribution in [2.45, 2.75) is 13.3 Å². The predicted molar refractivity (Wildman–Crippen MR) is 81.6 cm³/mol. The van der Waals surface area contributed by atoms with Crippen LogP contribution in [0.4, 0.5) is 11.4 Å². The summed E-state index contributed by atoms with van der Waals surface area (Å²) in [5.41, 5.74) is 3.67. The molecule has 0 fully saturated rings. The summed E-state index contributed by atoms with van der Waals surface area (Å²) in [6.45, 7) is 1.95. The standard InChI is InChI=1S/C16H16ClNO2/c1-11-13(17)7-5-9-14(11)18-15-8-4-3-6-12(15)10-16(19)20-2/h3-9,18H,10H2,1-2H3. The third-order valence-corrected chi connectivity index (χ3v) is 3.53. The highest BCUT2D eigenvalue weighted by molar-refractivity contribution is 6.31. The smallest absolute Gasteiger partial charge is 0.310 e. The second-order valence-electron chi connectivity index (χ2n) is 4.45. The van der Waals surface area contributed by atoms with Crippen molar-refractivity contribution < 1.29 is 9.53 Å². The van der Waals surface area contributed by atoms with Crippen LogP contribution < -0.4 is 5.32 Å². The molecule has 0 heterocycles. The predicted octanol–water partition coefficient (Wildman–Crippen LogP) is 4.11. The lowest BCUT2D eigenvalue weighted by Crippen LogP contribution is -2.07. The first kappa shape index (κ1) is 14.4. The molecule has 104 valence electrons. The zero-order valence-corrected chi connectivity index (χ0v) is 12.2. The lowest BCUT2D eigenvalue weighted by Gasteiger charge is -2.14. The zero-order valence-electron chi connectivity index (χ0n) is 11.4. The molecule has 4 heteroatoms.